The van der Waals surface area contributed by atoms with Crippen LogP contribution in [-0.2, 0) is 10.0 Å². The molecule has 0 saturated heterocycles. The van der Waals surface area contributed by atoms with Crippen LogP contribution in [0.1, 0.15) is 15.9 Å². The number of amides is 1. The summed E-state index contributed by atoms with van der Waals surface area (Å²) in [4.78, 5) is 12.2. The third-order valence-corrected chi connectivity index (χ3v) is 6.62. The van der Waals surface area contributed by atoms with E-state index in [4.69, 9.17) is 4.74 Å². The number of anilines is 1. The molecule has 0 aliphatic rings. The third-order valence-electron chi connectivity index (χ3n) is 3.84. The summed E-state index contributed by atoms with van der Waals surface area (Å²) in [6.45, 7) is 2.72. The molecule has 146 valence electrons. The minimum absolute atomic E-state index is 0.239. The van der Waals surface area contributed by atoms with Crippen molar-refractivity contribution in [3.63, 3.8) is 0 Å². The molecule has 0 bridgehead atoms. The topological polar surface area (TPSA) is 84.5 Å². The van der Waals surface area contributed by atoms with Gasteiger partial charge in [0.2, 0.25) is 0 Å². The number of hydrogen-bond donors (Lipinski definition) is 2. The number of hydrogen-bond acceptors (Lipinski definition) is 5. The number of thiophene rings is 1. The summed E-state index contributed by atoms with van der Waals surface area (Å²) in [6, 6.07) is 17.2. The van der Waals surface area contributed by atoms with E-state index < -0.39 is 10.0 Å². The summed E-state index contributed by atoms with van der Waals surface area (Å²) in [6.07, 6.45) is 0. The lowest BCUT2D eigenvalue weighted by Gasteiger charge is -2.09. The molecule has 2 aromatic carbocycles. The molecular formula is C20H20N2O4S2. The molecule has 0 radical (unpaired) electrons. The highest BCUT2D eigenvalue weighted by Gasteiger charge is 2.15. The van der Waals surface area contributed by atoms with Gasteiger partial charge in [0, 0.05) is 11.3 Å². The predicted octanol–water partition coefficient (Wildman–Crippen LogP) is 3.67. The van der Waals surface area contributed by atoms with Gasteiger partial charge in [-0.05, 0) is 54.8 Å². The molecule has 0 aliphatic heterocycles. The standard InChI is InChI=1S/C20H20N2O4S2/c1-15-4-10-18(11-5-15)26-13-12-21-20(23)16-6-8-17(9-7-16)22-28(24,25)19-3-2-14-27-19/h2-11,14,22H,12-13H2,1H3,(H,21,23). The van der Waals surface area contributed by atoms with Crippen LogP contribution >= 0.6 is 11.3 Å². The lowest BCUT2D eigenvalue weighted by Crippen LogP contribution is -2.28. The van der Waals surface area contributed by atoms with Gasteiger partial charge in [-0.3, -0.25) is 9.52 Å². The van der Waals surface area contributed by atoms with Crippen molar-refractivity contribution in [2.75, 3.05) is 17.9 Å². The molecule has 1 aromatic heterocycles. The Morgan fingerprint density at radius 2 is 1.75 bits per heavy atom. The zero-order chi connectivity index (χ0) is 20.0. The predicted molar refractivity (Wildman–Crippen MR) is 111 cm³/mol. The fourth-order valence-corrected chi connectivity index (χ4v) is 4.43. The second-order valence-corrected chi connectivity index (χ2v) is 8.89. The number of sulfonamides is 1. The van der Waals surface area contributed by atoms with Gasteiger partial charge in [0.05, 0.1) is 6.54 Å². The van der Waals surface area contributed by atoms with Crippen LogP contribution < -0.4 is 14.8 Å². The van der Waals surface area contributed by atoms with E-state index >= 15 is 0 Å². The second kappa shape index (κ2) is 8.90. The number of ether oxygens (including phenoxy) is 1. The minimum Gasteiger partial charge on any atom is -0.492 e. The van der Waals surface area contributed by atoms with Gasteiger partial charge in [-0.1, -0.05) is 23.8 Å². The smallest absolute Gasteiger partial charge is 0.271 e. The number of carbonyl (C=O) groups is 1. The average Bonchev–Trinajstić information content (AvgIpc) is 3.23. The van der Waals surface area contributed by atoms with Crippen LogP contribution in [0.25, 0.3) is 0 Å². The fourth-order valence-electron chi connectivity index (χ4n) is 2.38. The van der Waals surface area contributed by atoms with Crippen molar-refractivity contribution < 1.29 is 17.9 Å². The molecule has 2 N–H and O–H groups in total. The Morgan fingerprint density at radius 3 is 2.39 bits per heavy atom. The van der Waals surface area contributed by atoms with E-state index in [2.05, 4.69) is 10.0 Å². The van der Waals surface area contributed by atoms with Crippen LogP contribution in [0, 0.1) is 6.92 Å². The number of nitrogens with one attached hydrogen (secondary N) is 2. The van der Waals surface area contributed by atoms with Crippen molar-refractivity contribution >= 4 is 33.0 Å². The van der Waals surface area contributed by atoms with Gasteiger partial charge in [-0.2, -0.15) is 0 Å². The Balaban J connectivity index is 1.49. The van der Waals surface area contributed by atoms with Gasteiger partial charge in [-0.15, -0.1) is 11.3 Å². The molecule has 3 aromatic rings. The highest BCUT2D eigenvalue weighted by atomic mass is 32.2. The summed E-state index contributed by atoms with van der Waals surface area (Å²) in [5.41, 5.74) is 1.99. The van der Waals surface area contributed by atoms with Gasteiger partial charge < -0.3 is 10.1 Å². The van der Waals surface area contributed by atoms with Crippen LogP contribution in [0.15, 0.2) is 70.3 Å². The summed E-state index contributed by atoms with van der Waals surface area (Å²) in [7, 11) is -3.60. The molecule has 3 rings (SSSR count). The van der Waals surface area contributed by atoms with Gasteiger partial charge >= 0.3 is 0 Å². The number of benzene rings is 2. The molecular weight excluding hydrogens is 396 g/mol. The monoisotopic (exact) mass is 416 g/mol. The first-order valence-corrected chi connectivity index (χ1v) is 10.9. The van der Waals surface area contributed by atoms with Crippen molar-refractivity contribution in [1.29, 1.82) is 0 Å². The summed E-state index contributed by atoms with van der Waals surface area (Å²) >= 11 is 1.14. The molecule has 0 fully saturated rings. The van der Waals surface area contributed by atoms with Crippen molar-refractivity contribution in [2.45, 2.75) is 11.1 Å². The zero-order valence-corrected chi connectivity index (χ0v) is 16.8. The highest BCUT2D eigenvalue weighted by Crippen LogP contribution is 2.20. The SMILES string of the molecule is Cc1ccc(OCCNC(=O)c2ccc(NS(=O)(=O)c3cccs3)cc2)cc1. The quantitative estimate of drug-likeness (QED) is 0.549. The van der Waals surface area contributed by atoms with Crippen molar-refractivity contribution in [3.8, 4) is 5.75 Å². The average molecular weight is 417 g/mol. The maximum absolute atomic E-state index is 12.2. The van der Waals surface area contributed by atoms with Gasteiger partial charge in [0.25, 0.3) is 15.9 Å². The van der Waals surface area contributed by atoms with Crippen LogP contribution in [0.3, 0.4) is 0 Å². The van der Waals surface area contributed by atoms with E-state index in [1.807, 2.05) is 31.2 Å². The van der Waals surface area contributed by atoms with Crippen LogP contribution in [0.2, 0.25) is 0 Å². The number of carbonyl (C=O) groups excluding carboxylic acids is 1. The molecule has 1 amide bonds. The Bertz CT molecular complexity index is 1010. The molecule has 0 spiro atoms. The molecule has 28 heavy (non-hydrogen) atoms. The van der Waals surface area contributed by atoms with Gasteiger partial charge in [-0.25, -0.2) is 8.42 Å². The van der Waals surface area contributed by atoms with Crippen molar-refractivity contribution in [2.24, 2.45) is 0 Å². The Kier molecular flexibility index (Phi) is 6.33. The summed E-state index contributed by atoms with van der Waals surface area (Å²) < 4.78 is 32.7. The Hall–Kier alpha value is -2.84. The third kappa shape index (κ3) is 5.34. The van der Waals surface area contributed by atoms with E-state index in [0.29, 0.717) is 24.4 Å². The largest absolute Gasteiger partial charge is 0.492 e. The molecule has 6 nitrogen and oxygen atoms in total. The van der Waals surface area contributed by atoms with Crippen LogP contribution in [-0.4, -0.2) is 27.5 Å². The molecule has 0 saturated carbocycles. The molecule has 1 heterocycles. The van der Waals surface area contributed by atoms with Crippen molar-refractivity contribution in [1.82, 2.24) is 5.32 Å². The second-order valence-electron chi connectivity index (χ2n) is 6.03. The molecule has 0 unspecified atom stereocenters. The Labute approximate surface area is 168 Å². The first-order chi connectivity index (χ1) is 13.4. The van der Waals surface area contributed by atoms with Gasteiger partial charge in [0.15, 0.2) is 0 Å². The van der Waals surface area contributed by atoms with Crippen LogP contribution in [0.4, 0.5) is 5.69 Å². The van der Waals surface area contributed by atoms with E-state index in [9.17, 15) is 13.2 Å². The van der Waals surface area contributed by atoms with E-state index in [1.54, 1.807) is 35.7 Å². The molecule has 0 atom stereocenters. The maximum atomic E-state index is 12.2. The van der Waals surface area contributed by atoms with Crippen molar-refractivity contribution in [3.05, 3.63) is 77.2 Å². The van der Waals surface area contributed by atoms with E-state index in [0.717, 1.165) is 22.6 Å². The Morgan fingerprint density at radius 1 is 1.04 bits per heavy atom. The molecule has 0 aliphatic carbocycles. The van der Waals surface area contributed by atoms with Crippen LogP contribution in [0.5, 0.6) is 5.75 Å². The fraction of sp³-hybridized carbons (Fsp3) is 0.150. The zero-order valence-electron chi connectivity index (χ0n) is 15.2. The van der Waals surface area contributed by atoms with E-state index in [1.165, 1.54) is 6.07 Å². The molecule has 8 heteroatoms. The first-order valence-electron chi connectivity index (χ1n) is 8.58. The lowest BCUT2D eigenvalue weighted by molar-refractivity contribution is 0.0947. The first kappa shape index (κ1) is 19.9. The number of aryl methyl sites for hydroxylation is 1. The van der Waals surface area contributed by atoms with E-state index in [-0.39, 0.29) is 10.1 Å². The lowest BCUT2D eigenvalue weighted by atomic mass is 10.2. The number of rotatable bonds is 8. The summed E-state index contributed by atoms with van der Waals surface area (Å²) in [5, 5.41) is 4.47. The maximum Gasteiger partial charge on any atom is 0.271 e. The highest BCUT2D eigenvalue weighted by molar-refractivity contribution is 7.94. The van der Waals surface area contributed by atoms with Gasteiger partial charge in [0.1, 0.15) is 16.6 Å². The minimum atomic E-state index is -3.60. The summed E-state index contributed by atoms with van der Waals surface area (Å²) in [5.74, 6) is 0.502. The normalized spacial score (nSPS) is 11.0.